The van der Waals surface area contributed by atoms with Gasteiger partial charge in [-0.3, -0.25) is 4.79 Å². The summed E-state index contributed by atoms with van der Waals surface area (Å²) in [5.74, 6) is 0.221. The zero-order valence-electron chi connectivity index (χ0n) is 15.7. The summed E-state index contributed by atoms with van der Waals surface area (Å²) in [6.07, 6.45) is 0. The van der Waals surface area contributed by atoms with Crippen molar-refractivity contribution in [2.75, 3.05) is 0 Å². The Bertz CT molecular complexity index is 1150. The smallest absolute Gasteiger partial charge is 0.289 e. The summed E-state index contributed by atoms with van der Waals surface area (Å²) >= 11 is 0. The van der Waals surface area contributed by atoms with E-state index in [1.807, 2.05) is 30.3 Å². The van der Waals surface area contributed by atoms with Crippen LogP contribution in [0.3, 0.4) is 0 Å². The predicted octanol–water partition coefficient (Wildman–Crippen LogP) is 3.16. The number of amides is 1. The molecule has 1 N–H and O–H groups in total. The molecular weight excluding hydrogens is 375 g/mol. The van der Waals surface area contributed by atoms with Gasteiger partial charge in [0.1, 0.15) is 11.9 Å². The molecule has 1 atom stereocenters. The summed E-state index contributed by atoms with van der Waals surface area (Å²) < 4.78 is 20.0. The molecule has 4 aromatic rings. The first-order chi connectivity index (χ1) is 14.0. The fraction of sp³-hybridized carbons (Fsp3) is 0.150. The van der Waals surface area contributed by atoms with Crippen LogP contribution < -0.4 is 5.32 Å². The van der Waals surface area contributed by atoms with Crippen LogP contribution >= 0.6 is 0 Å². The number of carbonyl (C=O) groups excluding carboxylic acids is 1. The number of aryl methyl sites for hydroxylation is 1. The van der Waals surface area contributed by atoms with Crippen LogP contribution in [0.1, 0.15) is 29.5 Å². The van der Waals surface area contributed by atoms with Crippen LogP contribution in [0.15, 0.2) is 59.1 Å². The van der Waals surface area contributed by atoms with E-state index in [1.165, 1.54) is 16.8 Å². The van der Waals surface area contributed by atoms with Crippen molar-refractivity contribution < 1.29 is 13.7 Å². The molecule has 0 bridgehead atoms. The van der Waals surface area contributed by atoms with Crippen molar-refractivity contribution in [1.82, 2.24) is 30.2 Å². The second-order valence-electron chi connectivity index (χ2n) is 6.41. The lowest BCUT2D eigenvalue weighted by Crippen LogP contribution is -2.29. The molecule has 0 unspecified atom stereocenters. The van der Waals surface area contributed by atoms with E-state index in [2.05, 4.69) is 25.5 Å². The predicted molar refractivity (Wildman–Crippen MR) is 102 cm³/mol. The summed E-state index contributed by atoms with van der Waals surface area (Å²) in [6, 6.07) is 14.7. The molecule has 2 aromatic carbocycles. The lowest BCUT2D eigenvalue weighted by Gasteiger charge is -2.08. The Morgan fingerprint density at radius 2 is 1.83 bits per heavy atom. The average Bonchev–Trinajstić information content (AvgIpc) is 3.36. The van der Waals surface area contributed by atoms with Crippen LogP contribution in [0.25, 0.3) is 22.8 Å². The first-order valence-electron chi connectivity index (χ1n) is 8.88. The van der Waals surface area contributed by atoms with E-state index in [0.29, 0.717) is 11.4 Å². The fourth-order valence-electron chi connectivity index (χ4n) is 2.77. The van der Waals surface area contributed by atoms with Crippen LogP contribution in [0.4, 0.5) is 4.39 Å². The maximum Gasteiger partial charge on any atom is 0.289 e. The molecular formula is C20H17FN6O2. The lowest BCUT2D eigenvalue weighted by atomic mass is 10.2. The van der Waals surface area contributed by atoms with Gasteiger partial charge in [-0.1, -0.05) is 47.6 Å². The Kier molecular flexibility index (Phi) is 4.86. The maximum absolute atomic E-state index is 13.4. The minimum atomic E-state index is -0.575. The van der Waals surface area contributed by atoms with Gasteiger partial charge in [0.25, 0.3) is 5.91 Å². The monoisotopic (exact) mass is 392 g/mol. The zero-order chi connectivity index (χ0) is 20.4. The van der Waals surface area contributed by atoms with Crippen molar-refractivity contribution in [2.24, 2.45) is 7.05 Å². The topological polar surface area (TPSA) is 98.7 Å². The van der Waals surface area contributed by atoms with Crippen LogP contribution in [0, 0.1) is 5.82 Å². The third-order valence-electron chi connectivity index (χ3n) is 4.24. The molecule has 0 saturated heterocycles. The van der Waals surface area contributed by atoms with Crippen molar-refractivity contribution >= 4 is 5.91 Å². The highest BCUT2D eigenvalue weighted by Crippen LogP contribution is 2.20. The molecule has 0 saturated carbocycles. The molecule has 8 nitrogen and oxygen atoms in total. The molecule has 0 spiro atoms. The second kappa shape index (κ2) is 7.63. The normalized spacial score (nSPS) is 12.0. The Labute approximate surface area is 165 Å². The number of hydrogen-bond donors (Lipinski definition) is 1. The molecule has 2 heterocycles. The third-order valence-corrected chi connectivity index (χ3v) is 4.24. The minimum absolute atomic E-state index is 0.153. The molecule has 0 radical (unpaired) electrons. The summed E-state index contributed by atoms with van der Waals surface area (Å²) in [5, 5.41) is 10.9. The number of benzene rings is 2. The number of rotatable bonds is 5. The molecule has 29 heavy (non-hydrogen) atoms. The van der Waals surface area contributed by atoms with Crippen LogP contribution in [-0.2, 0) is 7.05 Å². The van der Waals surface area contributed by atoms with Gasteiger partial charge in [-0.05, 0) is 19.1 Å². The molecule has 0 aliphatic heterocycles. The highest BCUT2D eigenvalue weighted by Gasteiger charge is 2.22. The molecule has 146 valence electrons. The third kappa shape index (κ3) is 3.88. The molecule has 9 heteroatoms. The standard InChI is InChI=1S/C20H17FN6O2/c1-12(20-24-17(26-29-20)14-9-6-10-15(21)11-14)22-19(28)18-23-16(25-27(18)2)13-7-4-3-5-8-13/h3-12H,1-2H3,(H,22,28)/t12-/m0/s1. The van der Waals surface area contributed by atoms with Crippen molar-refractivity contribution in [3.05, 3.63) is 72.1 Å². The Morgan fingerprint density at radius 3 is 2.59 bits per heavy atom. The molecule has 0 aliphatic rings. The van der Waals surface area contributed by atoms with Crippen molar-refractivity contribution in [2.45, 2.75) is 13.0 Å². The zero-order valence-corrected chi connectivity index (χ0v) is 15.7. The number of nitrogens with zero attached hydrogens (tertiary/aromatic N) is 5. The van der Waals surface area contributed by atoms with E-state index >= 15 is 0 Å². The number of halogens is 1. The molecule has 0 aliphatic carbocycles. The Morgan fingerprint density at radius 1 is 1.07 bits per heavy atom. The molecule has 4 rings (SSSR count). The SMILES string of the molecule is C[C@H](NC(=O)c1nc(-c2ccccc2)nn1C)c1nc(-c2cccc(F)c2)no1. The largest absolute Gasteiger partial charge is 0.338 e. The van der Waals surface area contributed by atoms with Gasteiger partial charge in [0.05, 0.1) is 0 Å². The van der Waals surface area contributed by atoms with Gasteiger partial charge in [0.2, 0.25) is 17.5 Å². The van der Waals surface area contributed by atoms with Crippen LogP contribution in [0.5, 0.6) is 0 Å². The average molecular weight is 392 g/mol. The Hall–Kier alpha value is -3.88. The van der Waals surface area contributed by atoms with E-state index in [9.17, 15) is 9.18 Å². The van der Waals surface area contributed by atoms with Gasteiger partial charge in [-0.25, -0.2) is 14.1 Å². The molecule has 1 amide bonds. The molecule has 2 aromatic heterocycles. The fourth-order valence-corrected chi connectivity index (χ4v) is 2.77. The summed E-state index contributed by atoms with van der Waals surface area (Å²) in [7, 11) is 1.65. The summed E-state index contributed by atoms with van der Waals surface area (Å²) in [6.45, 7) is 1.70. The van der Waals surface area contributed by atoms with E-state index in [1.54, 1.807) is 26.1 Å². The number of carbonyl (C=O) groups is 1. The maximum atomic E-state index is 13.4. The van der Waals surface area contributed by atoms with Gasteiger partial charge >= 0.3 is 0 Å². The van der Waals surface area contributed by atoms with Gasteiger partial charge < -0.3 is 9.84 Å². The van der Waals surface area contributed by atoms with Gasteiger partial charge in [-0.2, -0.15) is 10.1 Å². The van der Waals surface area contributed by atoms with Crippen molar-refractivity contribution in [3.8, 4) is 22.8 Å². The Balaban J connectivity index is 1.50. The highest BCUT2D eigenvalue weighted by molar-refractivity contribution is 5.91. The first kappa shape index (κ1) is 18.5. The van der Waals surface area contributed by atoms with E-state index in [4.69, 9.17) is 4.52 Å². The van der Waals surface area contributed by atoms with Crippen LogP contribution in [-0.4, -0.2) is 30.8 Å². The number of nitrogens with one attached hydrogen (secondary N) is 1. The summed E-state index contributed by atoms with van der Waals surface area (Å²) in [4.78, 5) is 21.2. The minimum Gasteiger partial charge on any atom is -0.338 e. The lowest BCUT2D eigenvalue weighted by molar-refractivity contribution is 0.0917. The number of hydrogen-bond acceptors (Lipinski definition) is 6. The van der Waals surface area contributed by atoms with E-state index in [-0.39, 0.29) is 17.5 Å². The van der Waals surface area contributed by atoms with Gasteiger partial charge in [0.15, 0.2) is 5.82 Å². The van der Waals surface area contributed by atoms with E-state index < -0.39 is 17.8 Å². The van der Waals surface area contributed by atoms with Gasteiger partial charge in [0, 0.05) is 18.2 Å². The van der Waals surface area contributed by atoms with Crippen LogP contribution in [0.2, 0.25) is 0 Å². The first-order valence-corrected chi connectivity index (χ1v) is 8.88. The van der Waals surface area contributed by atoms with E-state index in [0.717, 1.165) is 5.56 Å². The van der Waals surface area contributed by atoms with Crippen molar-refractivity contribution in [1.29, 1.82) is 0 Å². The van der Waals surface area contributed by atoms with Gasteiger partial charge in [-0.15, -0.1) is 0 Å². The highest BCUT2D eigenvalue weighted by atomic mass is 19.1. The summed E-state index contributed by atoms with van der Waals surface area (Å²) in [5.41, 5.74) is 1.30. The quantitative estimate of drug-likeness (QED) is 0.560. The number of aromatic nitrogens is 5. The molecule has 0 fully saturated rings. The van der Waals surface area contributed by atoms with Crippen molar-refractivity contribution in [3.63, 3.8) is 0 Å². The second-order valence-corrected chi connectivity index (χ2v) is 6.41.